The molecule has 2 aliphatic rings. The minimum Gasteiger partial charge on any atom is -0.245 e. The second-order valence-electron chi connectivity index (χ2n) is 9.79. The number of benzene rings is 1. The van der Waals surface area contributed by atoms with Crippen molar-refractivity contribution in [1.82, 2.24) is 9.97 Å². The third-order valence-corrected chi connectivity index (χ3v) is 6.73. The van der Waals surface area contributed by atoms with Crippen molar-refractivity contribution in [2.24, 2.45) is 9.98 Å². The van der Waals surface area contributed by atoms with Gasteiger partial charge in [-0.2, -0.15) is 60.6 Å². The van der Waals surface area contributed by atoms with Crippen molar-refractivity contribution in [3.05, 3.63) is 92.6 Å². The van der Waals surface area contributed by atoms with Crippen LogP contribution in [0.15, 0.2) is 57.5 Å². The second kappa shape index (κ2) is 10.9. The molecule has 0 bridgehead atoms. The van der Waals surface area contributed by atoms with E-state index in [1.807, 2.05) is 0 Å². The Hall–Kier alpha value is -6.33. The lowest BCUT2D eigenvalue weighted by molar-refractivity contribution is -0.145. The number of hydrogen-bond donors (Lipinski definition) is 0. The standard InChI is InChI=1S/C30H9F9N8/c1-12-2-20(44-22(3-12)29(34,35)36)26-24(13(8-40)9-41)16-6-17-19(7-18(16)46-26)47-27(25(17)14(10-42)11-43)21-4-15(28(31,32)33)5-23(45-21)30(37,38)39/h2-7H,1H3. The number of aryl methyl sites for hydroxylation is 1. The molecule has 4 heterocycles. The number of fused-ring (bicyclic) bond motifs is 2. The van der Waals surface area contributed by atoms with Crippen LogP contribution >= 0.6 is 0 Å². The Morgan fingerprint density at radius 2 is 0.979 bits per heavy atom. The molecule has 0 aliphatic carbocycles. The van der Waals surface area contributed by atoms with Crippen molar-refractivity contribution in [3.63, 3.8) is 0 Å². The minimum atomic E-state index is -5.34. The van der Waals surface area contributed by atoms with Crippen molar-refractivity contribution < 1.29 is 39.5 Å². The maximum Gasteiger partial charge on any atom is 0.433 e. The zero-order chi connectivity index (χ0) is 34.6. The monoisotopic (exact) mass is 652 g/mol. The fourth-order valence-corrected chi connectivity index (χ4v) is 4.82. The summed E-state index contributed by atoms with van der Waals surface area (Å²) in [6, 6.07) is 10.5. The number of rotatable bonds is 2. The molecule has 0 fully saturated rings. The average molecular weight is 652 g/mol. The van der Waals surface area contributed by atoms with Crippen molar-refractivity contribution in [2.45, 2.75) is 25.5 Å². The highest BCUT2D eigenvalue weighted by Gasteiger charge is 2.41. The summed E-state index contributed by atoms with van der Waals surface area (Å²) in [5.41, 5.74) is -10.2. The van der Waals surface area contributed by atoms with Crippen LogP contribution in [-0.4, -0.2) is 21.4 Å². The van der Waals surface area contributed by atoms with Crippen LogP contribution in [0.5, 0.6) is 0 Å². The minimum absolute atomic E-state index is 0.0947. The molecule has 3 aromatic rings. The van der Waals surface area contributed by atoms with E-state index in [1.165, 1.54) is 25.1 Å². The molecule has 5 rings (SSSR count). The molecule has 0 saturated carbocycles. The third kappa shape index (κ3) is 5.67. The van der Waals surface area contributed by atoms with Gasteiger partial charge < -0.3 is 0 Å². The molecular weight excluding hydrogens is 643 g/mol. The van der Waals surface area contributed by atoms with Gasteiger partial charge in [-0.1, -0.05) is 0 Å². The zero-order valence-electron chi connectivity index (χ0n) is 22.9. The molecule has 2 aromatic heterocycles. The molecule has 0 unspecified atom stereocenters. The normalized spacial score (nSPS) is 13.8. The maximum absolute atomic E-state index is 13.6. The molecule has 17 heteroatoms. The number of aromatic nitrogens is 2. The van der Waals surface area contributed by atoms with E-state index in [9.17, 15) is 60.6 Å². The Bertz CT molecular complexity index is 2140. The van der Waals surface area contributed by atoms with Crippen molar-refractivity contribution in [1.29, 1.82) is 21.0 Å². The molecule has 0 radical (unpaired) electrons. The summed E-state index contributed by atoms with van der Waals surface area (Å²) < 4.78 is 122. The summed E-state index contributed by atoms with van der Waals surface area (Å²) in [7, 11) is 0. The predicted molar refractivity (Wildman–Crippen MR) is 143 cm³/mol. The molecule has 2 aliphatic heterocycles. The molecular formula is C30H9F9N8. The van der Waals surface area contributed by atoms with Crippen molar-refractivity contribution in [2.75, 3.05) is 0 Å². The fraction of sp³-hybridized carbons (Fsp3) is 0.133. The Kier molecular flexibility index (Phi) is 7.46. The first-order valence-electron chi connectivity index (χ1n) is 12.6. The van der Waals surface area contributed by atoms with Gasteiger partial charge in [-0.05, 0) is 48.9 Å². The fourth-order valence-electron chi connectivity index (χ4n) is 4.82. The Morgan fingerprint density at radius 3 is 1.38 bits per heavy atom. The van der Waals surface area contributed by atoms with E-state index >= 15 is 0 Å². The van der Waals surface area contributed by atoms with E-state index in [0.717, 1.165) is 18.2 Å². The lowest BCUT2D eigenvalue weighted by Gasteiger charge is -2.14. The van der Waals surface area contributed by atoms with E-state index in [1.54, 1.807) is 12.1 Å². The molecule has 0 atom stereocenters. The van der Waals surface area contributed by atoms with Gasteiger partial charge in [0.05, 0.1) is 39.7 Å². The zero-order valence-corrected chi connectivity index (χ0v) is 22.9. The SMILES string of the molecule is Cc1cc(C2=Nc3cc4c(cc3C2=C(C#N)C#N)C(=C(C#N)C#N)C(c2cc(C(F)(F)F)cc(C(F)(F)F)n2)=N4)nc(C(F)(F)F)c1. The summed E-state index contributed by atoms with van der Waals surface area (Å²) in [6.07, 6.45) is -15.5. The molecule has 0 spiro atoms. The van der Waals surface area contributed by atoms with Crippen LogP contribution in [0.3, 0.4) is 0 Å². The highest BCUT2D eigenvalue weighted by molar-refractivity contribution is 6.39. The van der Waals surface area contributed by atoms with Crippen LogP contribution in [-0.2, 0) is 18.5 Å². The van der Waals surface area contributed by atoms with Gasteiger partial charge in [-0.25, -0.2) is 20.0 Å². The summed E-state index contributed by atoms with van der Waals surface area (Å²) in [4.78, 5) is 15.2. The first-order valence-corrected chi connectivity index (χ1v) is 12.6. The largest absolute Gasteiger partial charge is 0.433 e. The van der Waals surface area contributed by atoms with E-state index in [4.69, 9.17) is 0 Å². The number of hydrogen-bond acceptors (Lipinski definition) is 8. The Labute approximate surface area is 257 Å². The molecule has 0 N–H and O–H groups in total. The highest BCUT2D eigenvalue weighted by atomic mass is 19.4. The van der Waals surface area contributed by atoms with E-state index in [2.05, 4.69) is 20.0 Å². The van der Waals surface area contributed by atoms with Gasteiger partial charge in [-0.3, -0.25) is 0 Å². The number of pyridine rings is 2. The smallest absolute Gasteiger partial charge is 0.245 e. The van der Waals surface area contributed by atoms with Crippen molar-refractivity contribution in [3.8, 4) is 24.3 Å². The first kappa shape index (κ1) is 32.1. The third-order valence-electron chi connectivity index (χ3n) is 6.73. The second-order valence-corrected chi connectivity index (χ2v) is 9.79. The topological polar surface area (TPSA) is 146 Å². The number of aliphatic imine (C=N–C) groups is 2. The van der Waals surface area contributed by atoms with Gasteiger partial charge >= 0.3 is 18.5 Å². The molecule has 232 valence electrons. The van der Waals surface area contributed by atoms with E-state index in [0.29, 0.717) is 0 Å². The highest BCUT2D eigenvalue weighted by Crippen LogP contribution is 2.48. The van der Waals surface area contributed by atoms with Crippen LogP contribution in [0, 0.1) is 52.2 Å². The summed E-state index contributed by atoms with van der Waals surface area (Å²) in [5.74, 6) is 0. The van der Waals surface area contributed by atoms with Gasteiger partial charge in [0.15, 0.2) is 0 Å². The number of halogens is 9. The number of allylic oxidation sites excluding steroid dienone is 4. The maximum atomic E-state index is 13.6. The van der Waals surface area contributed by atoms with Gasteiger partial charge in [0.1, 0.15) is 46.8 Å². The Morgan fingerprint density at radius 1 is 0.553 bits per heavy atom. The van der Waals surface area contributed by atoms with Gasteiger partial charge in [-0.15, -0.1) is 0 Å². The van der Waals surface area contributed by atoms with Crippen molar-refractivity contribution >= 4 is 33.9 Å². The molecule has 0 saturated heterocycles. The molecule has 1 aromatic carbocycles. The summed E-state index contributed by atoms with van der Waals surface area (Å²) >= 11 is 0. The van der Waals surface area contributed by atoms with Gasteiger partial charge in [0.25, 0.3) is 0 Å². The quantitative estimate of drug-likeness (QED) is 0.205. The molecule has 8 nitrogen and oxygen atoms in total. The van der Waals surface area contributed by atoms with Crippen LogP contribution in [0.2, 0.25) is 0 Å². The number of nitrogens with zero attached hydrogens (tertiary/aromatic N) is 8. The molecule has 47 heavy (non-hydrogen) atoms. The lowest BCUT2D eigenvalue weighted by Crippen LogP contribution is -2.17. The van der Waals surface area contributed by atoms with Gasteiger partial charge in [0.2, 0.25) is 0 Å². The van der Waals surface area contributed by atoms with Crippen LogP contribution in [0.25, 0.3) is 11.1 Å². The number of alkyl halides is 9. The van der Waals surface area contributed by atoms with E-state index < -0.39 is 63.6 Å². The summed E-state index contributed by atoms with van der Waals surface area (Å²) in [5, 5.41) is 38.8. The Balaban J connectivity index is 1.81. The van der Waals surface area contributed by atoms with Gasteiger partial charge in [0, 0.05) is 22.3 Å². The first-order chi connectivity index (χ1) is 21.9. The number of nitriles is 4. The summed E-state index contributed by atoms with van der Waals surface area (Å²) in [6.45, 7) is 1.33. The molecule has 0 amide bonds. The predicted octanol–water partition coefficient (Wildman–Crippen LogP) is 7.71. The average Bonchev–Trinajstić information content (AvgIpc) is 3.54. The van der Waals surface area contributed by atoms with Crippen LogP contribution in [0.1, 0.15) is 45.0 Å². The van der Waals surface area contributed by atoms with E-state index in [-0.39, 0.29) is 57.2 Å². The lowest BCUT2D eigenvalue weighted by atomic mass is 9.90. The van der Waals surface area contributed by atoms with Crippen LogP contribution in [0.4, 0.5) is 50.9 Å². The van der Waals surface area contributed by atoms with Crippen LogP contribution < -0.4 is 0 Å².